The van der Waals surface area contributed by atoms with E-state index in [0.29, 0.717) is 28.8 Å². The highest BCUT2D eigenvalue weighted by Crippen LogP contribution is 2.46. The van der Waals surface area contributed by atoms with Crippen LogP contribution in [0.15, 0.2) is 64.5 Å². The minimum atomic E-state index is -0.957. The molecule has 1 aliphatic rings. The molecule has 3 heterocycles. The van der Waals surface area contributed by atoms with Crippen LogP contribution in [0.2, 0.25) is 0 Å². The molecule has 0 fully saturated rings. The van der Waals surface area contributed by atoms with E-state index in [4.69, 9.17) is 18.9 Å². The number of aryl methyl sites for hydroxylation is 2. The number of thiazole rings is 1. The zero-order chi connectivity index (χ0) is 25.6. The molecule has 9 heteroatoms. The van der Waals surface area contributed by atoms with E-state index in [0.717, 1.165) is 21.3 Å². The number of aliphatic hydroxyl groups excluding tert-OH is 1. The Balaban J connectivity index is 1.70. The third-order valence-electron chi connectivity index (χ3n) is 6.03. The van der Waals surface area contributed by atoms with Crippen LogP contribution in [0.25, 0.3) is 10.2 Å². The molecule has 8 nitrogen and oxygen atoms in total. The van der Waals surface area contributed by atoms with Gasteiger partial charge in [-0.3, -0.25) is 14.5 Å². The third kappa shape index (κ3) is 3.81. The minimum absolute atomic E-state index is 0.0184. The van der Waals surface area contributed by atoms with Gasteiger partial charge in [-0.05, 0) is 67.8 Å². The average Bonchev–Trinajstić information content (AvgIpc) is 3.58. The van der Waals surface area contributed by atoms with Gasteiger partial charge < -0.3 is 19.0 Å². The van der Waals surface area contributed by atoms with Crippen LogP contribution in [-0.4, -0.2) is 35.5 Å². The molecule has 36 heavy (non-hydrogen) atoms. The second-order valence-corrected chi connectivity index (χ2v) is 9.42. The number of furan rings is 1. The number of carbonyl (C=O) groups is 2. The molecule has 1 atom stereocenters. The summed E-state index contributed by atoms with van der Waals surface area (Å²) in [6, 6.07) is 11.3. The van der Waals surface area contributed by atoms with Gasteiger partial charge in [-0.2, -0.15) is 0 Å². The maximum Gasteiger partial charge on any atom is 0.296 e. The number of Topliss-reactive ketones (excluding diaryl/α,β-unsaturated/α-hetero) is 1. The molecule has 1 N–H and O–H groups in total. The van der Waals surface area contributed by atoms with E-state index >= 15 is 0 Å². The number of aliphatic hydroxyl groups is 1. The van der Waals surface area contributed by atoms with Crippen molar-refractivity contribution in [3.05, 3.63) is 82.5 Å². The molecular formula is C27H24N2O6S. The number of ketones is 1. The van der Waals surface area contributed by atoms with Gasteiger partial charge in [0.1, 0.15) is 0 Å². The summed E-state index contributed by atoms with van der Waals surface area (Å²) in [5, 5.41) is 11.3. The van der Waals surface area contributed by atoms with Crippen LogP contribution in [0.1, 0.15) is 40.2 Å². The van der Waals surface area contributed by atoms with Crippen LogP contribution in [0.5, 0.6) is 11.5 Å². The number of methoxy groups -OCH3 is 1. The van der Waals surface area contributed by atoms with Gasteiger partial charge in [-0.25, -0.2) is 4.98 Å². The molecule has 0 bridgehead atoms. The number of nitrogens with zero attached hydrogens (tertiary/aromatic N) is 2. The summed E-state index contributed by atoms with van der Waals surface area (Å²) < 4.78 is 17.4. The summed E-state index contributed by atoms with van der Waals surface area (Å²) in [5.74, 6) is -0.951. The standard InChI is InChI=1S/C27H24N2O6S/c1-5-34-17-9-8-16(13-19(17)33-4)23-21(24(30)18-7-6-10-35-18)25(31)26(32)29(23)27-28-22-15(3)11-14(2)12-20(22)36-27/h6-13,23,31H,5H2,1-4H3. The van der Waals surface area contributed by atoms with Crippen LogP contribution in [0.3, 0.4) is 0 Å². The predicted octanol–water partition coefficient (Wildman–Crippen LogP) is 5.70. The highest BCUT2D eigenvalue weighted by molar-refractivity contribution is 7.22. The zero-order valence-corrected chi connectivity index (χ0v) is 21.0. The normalized spacial score (nSPS) is 15.7. The van der Waals surface area contributed by atoms with Gasteiger partial charge >= 0.3 is 0 Å². The van der Waals surface area contributed by atoms with E-state index in [1.165, 1.54) is 35.7 Å². The van der Waals surface area contributed by atoms with E-state index in [2.05, 4.69) is 0 Å². The first-order valence-electron chi connectivity index (χ1n) is 11.4. The van der Waals surface area contributed by atoms with Gasteiger partial charge in [0.15, 0.2) is 28.1 Å². The quantitative estimate of drug-likeness (QED) is 0.322. The van der Waals surface area contributed by atoms with Crippen molar-refractivity contribution >= 4 is 38.4 Å². The number of anilines is 1. The van der Waals surface area contributed by atoms with Gasteiger partial charge in [0.2, 0.25) is 5.78 Å². The van der Waals surface area contributed by atoms with Crippen LogP contribution >= 0.6 is 11.3 Å². The van der Waals surface area contributed by atoms with E-state index in [1.807, 2.05) is 32.9 Å². The van der Waals surface area contributed by atoms with Crippen molar-refractivity contribution in [1.82, 2.24) is 4.98 Å². The summed E-state index contributed by atoms with van der Waals surface area (Å²) in [4.78, 5) is 33.0. The van der Waals surface area contributed by atoms with Gasteiger partial charge in [0.25, 0.3) is 5.91 Å². The molecule has 1 aliphatic heterocycles. The van der Waals surface area contributed by atoms with Gasteiger partial charge in [-0.15, -0.1) is 0 Å². The molecule has 1 amide bonds. The molecule has 184 valence electrons. The van der Waals surface area contributed by atoms with Crippen LogP contribution in [0, 0.1) is 13.8 Å². The third-order valence-corrected chi connectivity index (χ3v) is 7.03. The van der Waals surface area contributed by atoms with E-state index < -0.39 is 23.5 Å². The number of ether oxygens (including phenoxy) is 2. The number of rotatable bonds is 7. The van der Waals surface area contributed by atoms with Gasteiger partial charge in [-0.1, -0.05) is 23.5 Å². The first kappa shape index (κ1) is 23.6. The first-order valence-corrected chi connectivity index (χ1v) is 12.2. The molecule has 4 aromatic rings. The van der Waals surface area contributed by atoms with Crippen molar-refractivity contribution in [2.24, 2.45) is 0 Å². The molecule has 1 unspecified atom stereocenters. The fourth-order valence-corrected chi connectivity index (χ4v) is 5.65. The molecular weight excluding hydrogens is 480 g/mol. The lowest BCUT2D eigenvalue weighted by molar-refractivity contribution is -0.117. The number of benzene rings is 2. The molecule has 5 rings (SSSR count). The number of hydrogen-bond acceptors (Lipinski definition) is 8. The maximum absolute atomic E-state index is 13.5. The van der Waals surface area contributed by atoms with Crippen molar-refractivity contribution in [2.75, 3.05) is 18.6 Å². The van der Waals surface area contributed by atoms with Crippen molar-refractivity contribution in [3.63, 3.8) is 0 Å². The van der Waals surface area contributed by atoms with Gasteiger partial charge in [0.05, 0.1) is 41.8 Å². The summed E-state index contributed by atoms with van der Waals surface area (Å²) in [6.45, 7) is 6.26. The molecule has 2 aromatic heterocycles. The Hall–Kier alpha value is -4.11. The van der Waals surface area contributed by atoms with E-state index in [1.54, 1.807) is 24.3 Å². The zero-order valence-electron chi connectivity index (χ0n) is 20.2. The maximum atomic E-state index is 13.5. The number of amides is 1. The summed E-state index contributed by atoms with van der Waals surface area (Å²) in [5.41, 5.74) is 3.28. The summed E-state index contributed by atoms with van der Waals surface area (Å²) >= 11 is 1.33. The van der Waals surface area contributed by atoms with Crippen molar-refractivity contribution in [3.8, 4) is 11.5 Å². The SMILES string of the molecule is CCOc1ccc(C2C(C(=O)c3ccco3)=C(O)C(=O)N2c2nc3c(C)cc(C)cc3s2)cc1OC. The lowest BCUT2D eigenvalue weighted by Crippen LogP contribution is -2.31. The van der Waals surface area contributed by atoms with E-state index in [-0.39, 0.29) is 11.3 Å². The topological polar surface area (TPSA) is 102 Å². The van der Waals surface area contributed by atoms with Gasteiger partial charge in [0, 0.05) is 0 Å². The molecule has 0 spiro atoms. The Morgan fingerprint density at radius 1 is 1.19 bits per heavy atom. The Morgan fingerprint density at radius 2 is 2.00 bits per heavy atom. The lowest BCUT2D eigenvalue weighted by Gasteiger charge is -2.25. The number of hydrogen-bond donors (Lipinski definition) is 1. The molecule has 0 saturated heterocycles. The first-order chi connectivity index (χ1) is 17.3. The van der Waals surface area contributed by atoms with Crippen LogP contribution < -0.4 is 14.4 Å². The number of aromatic nitrogens is 1. The predicted molar refractivity (Wildman–Crippen MR) is 136 cm³/mol. The highest BCUT2D eigenvalue weighted by Gasteiger charge is 2.46. The monoisotopic (exact) mass is 504 g/mol. The van der Waals surface area contributed by atoms with Crippen molar-refractivity contribution < 1.29 is 28.6 Å². The summed E-state index contributed by atoms with van der Waals surface area (Å²) in [7, 11) is 1.51. The number of fused-ring (bicyclic) bond motifs is 1. The Labute approximate surface area is 211 Å². The van der Waals surface area contributed by atoms with Crippen LogP contribution in [0.4, 0.5) is 5.13 Å². The molecule has 0 radical (unpaired) electrons. The average molecular weight is 505 g/mol. The molecule has 0 aliphatic carbocycles. The van der Waals surface area contributed by atoms with Crippen molar-refractivity contribution in [1.29, 1.82) is 0 Å². The molecule has 2 aromatic carbocycles. The summed E-state index contributed by atoms with van der Waals surface area (Å²) in [6.07, 6.45) is 1.37. The highest BCUT2D eigenvalue weighted by atomic mass is 32.1. The van der Waals surface area contributed by atoms with E-state index in [9.17, 15) is 14.7 Å². The second kappa shape index (κ2) is 9.16. The Kier molecular flexibility index (Phi) is 6.01. The lowest BCUT2D eigenvalue weighted by atomic mass is 9.95. The smallest absolute Gasteiger partial charge is 0.296 e. The number of carbonyl (C=O) groups excluding carboxylic acids is 2. The fraction of sp³-hybridized carbons (Fsp3) is 0.222. The van der Waals surface area contributed by atoms with Crippen molar-refractivity contribution in [2.45, 2.75) is 26.8 Å². The fourth-order valence-electron chi connectivity index (χ4n) is 4.48. The second-order valence-electron chi connectivity index (χ2n) is 8.41. The molecule has 0 saturated carbocycles. The minimum Gasteiger partial charge on any atom is -0.503 e. The Morgan fingerprint density at radius 3 is 2.69 bits per heavy atom. The van der Waals surface area contributed by atoms with Crippen LogP contribution in [-0.2, 0) is 4.79 Å². The Bertz CT molecular complexity index is 1520. The largest absolute Gasteiger partial charge is 0.503 e.